The highest BCUT2D eigenvalue weighted by Crippen LogP contribution is 2.23. The molecule has 0 aliphatic carbocycles. The predicted octanol–water partition coefficient (Wildman–Crippen LogP) is 0.992. The molecule has 0 N–H and O–H groups in total. The van der Waals surface area contributed by atoms with Crippen molar-refractivity contribution >= 4 is 32.7 Å². The Kier molecular flexibility index (Phi) is 5.25. The molecule has 0 spiro atoms. The quantitative estimate of drug-likeness (QED) is 0.616. The summed E-state index contributed by atoms with van der Waals surface area (Å²) in [5.41, 5.74) is 4.24. The van der Waals surface area contributed by atoms with E-state index in [1.807, 2.05) is 42.6 Å². The largest absolute Gasteiger partial charge is 0.340 e. The van der Waals surface area contributed by atoms with Gasteiger partial charge >= 0.3 is 0 Å². The van der Waals surface area contributed by atoms with E-state index in [4.69, 9.17) is 4.98 Å². The van der Waals surface area contributed by atoms with E-state index in [1.54, 1.807) is 4.90 Å². The molecule has 1 aliphatic rings. The lowest BCUT2D eigenvalue weighted by Gasteiger charge is -2.35. The highest BCUT2D eigenvalue weighted by atomic mass is 32.2. The Bertz CT molecular complexity index is 1230. The SMILES string of the molecule is Cc1nc2c3ccccc3nn2c(C)c1CC(=O)N1CCN(S(=O)(=O)N(C)C)CC1. The number of piperazine rings is 1. The summed E-state index contributed by atoms with van der Waals surface area (Å²) < 4.78 is 29.0. The number of hydrogen-bond donors (Lipinski definition) is 0. The summed E-state index contributed by atoms with van der Waals surface area (Å²) in [6.45, 7) is 5.23. The fourth-order valence-electron chi connectivity index (χ4n) is 3.89. The van der Waals surface area contributed by atoms with Crippen molar-refractivity contribution in [2.24, 2.45) is 0 Å². The molecular formula is C20H26N6O3S. The Morgan fingerprint density at radius 2 is 1.77 bits per heavy atom. The van der Waals surface area contributed by atoms with Crippen LogP contribution >= 0.6 is 0 Å². The molecule has 0 saturated carbocycles. The van der Waals surface area contributed by atoms with Crippen LogP contribution in [0, 0.1) is 13.8 Å². The summed E-state index contributed by atoms with van der Waals surface area (Å²) in [5, 5.41) is 5.63. The van der Waals surface area contributed by atoms with Gasteiger partial charge in [-0.3, -0.25) is 4.79 Å². The number of aryl methyl sites for hydroxylation is 2. The maximum Gasteiger partial charge on any atom is 0.281 e. The van der Waals surface area contributed by atoms with Crippen molar-refractivity contribution in [3.05, 3.63) is 41.2 Å². The molecule has 1 fully saturated rings. The van der Waals surface area contributed by atoms with Gasteiger partial charge in [0.05, 0.1) is 11.9 Å². The standard InChI is InChI=1S/C20H26N6O3S/c1-14-17(15(2)26-20(21-14)16-7-5-6-8-18(16)22-26)13-19(27)24-9-11-25(12-10-24)30(28,29)23(3)4/h5-8H,9-13H2,1-4H3. The lowest BCUT2D eigenvalue weighted by molar-refractivity contribution is -0.131. The normalized spacial score (nSPS) is 16.1. The third-order valence-electron chi connectivity index (χ3n) is 5.73. The molecule has 0 radical (unpaired) electrons. The number of nitrogens with zero attached hydrogens (tertiary/aromatic N) is 6. The second-order valence-corrected chi connectivity index (χ2v) is 9.90. The Hall–Kier alpha value is -2.56. The number of aromatic nitrogens is 3. The minimum Gasteiger partial charge on any atom is -0.340 e. The lowest BCUT2D eigenvalue weighted by Crippen LogP contribution is -2.53. The van der Waals surface area contributed by atoms with Gasteiger partial charge in [0.25, 0.3) is 10.2 Å². The highest BCUT2D eigenvalue weighted by Gasteiger charge is 2.30. The summed E-state index contributed by atoms with van der Waals surface area (Å²) >= 11 is 0. The summed E-state index contributed by atoms with van der Waals surface area (Å²) in [5.74, 6) is -0.0269. The first-order valence-electron chi connectivity index (χ1n) is 9.89. The minimum atomic E-state index is -3.45. The van der Waals surface area contributed by atoms with Crippen LogP contribution in [0.2, 0.25) is 0 Å². The van der Waals surface area contributed by atoms with E-state index in [1.165, 1.54) is 22.7 Å². The monoisotopic (exact) mass is 430 g/mol. The number of hydrogen-bond acceptors (Lipinski definition) is 5. The average molecular weight is 431 g/mol. The summed E-state index contributed by atoms with van der Waals surface area (Å²) in [4.78, 5) is 19.4. The Morgan fingerprint density at radius 1 is 1.10 bits per heavy atom. The molecule has 0 unspecified atom stereocenters. The van der Waals surface area contributed by atoms with Gasteiger partial charge in [0.2, 0.25) is 5.91 Å². The Morgan fingerprint density at radius 3 is 2.43 bits per heavy atom. The number of carbonyl (C=O) groups excluding carboxylic acids is 1. The molecular weight excluding hydrogens is 404 g/mol. The topological polar surface area (TPSA) is 91.1 Å². The second kappa shape index (κ2) is 7.60. The molecule has 10 heteroatoms. The maximum absolute atomic E-state index is 13.0. The number of benzene rings is 1. The van der Waals surface area contributed by atoms with Crippen LogP contribution in [-0.2, 0) is 21.4 Å². The molecule has 1 aliphatic heterocycles. The molecule has 1 aromatic carbocycles. The van der Waals surface area contributed by atoms with Gasteiger partial charge in [0.15, 0.2) is 5.65 Å². The summed E-state index contributed by atoms with van der Waals surface area (Å²) in [7, 11) is -0.423. The van der Waals surface area contributed by atoms with Crippen LogP contribution in [0.1, 0.15) is 17.0 Å². The van der Waals surface area contributed by atoms with Gasteiger partial charge in [-0.1, -0.05) is 12.1 Å². The van der Waals surface area contributed by atoms with Gasteiger partial charge < -0.3 is 4.90 Å². The van der Waals surface area contributed by atoms with Gasteiger partial charge in [0, 0.05) is 62.6 Å². The van der Waals surface area contributed by atoms with Crippen LogP contribution in [-0.4, -0.2) is 82.7 Å². The predicted molar refractivity (Wildman–Crippen MR) is 114 cm³/mol. The number of rotatable bonds is 4. The first kappa shape index (κ1) is 20.7. The Labute approximate surface area is 176 Å². The van der Waals surface area contributed by atoms with Crippen LogP contribution in [0.5, 0.6) is 0 Å². The van der Waals surface area contributed by atoms with Crippen LogP contribution < -0.4 is 0 Å². The van der Waals surface area contributed by atoms with Crippen molar-refractivity contribution in [3.8, 4) is 0 Å². The fourth-order valence-corrected chi connectivity index (χ4v) is 4.98. The Balaban J connectivity index is 1.55. The van der Waals surface area contributed by atoms with Crippen molar-refractivity contribution in [3.63, 3.8) is 0 Å². The van der Waals surface area contributed by atoms with Crippen LogP contribution in [0.4, 0.5) is 0 Å². The zero-order valence-electron chi connectivity index (χ0n) is 17.7. The first-order chi connectivity index (χ1) is 14.2. The molecule has 0 bridgehead atoms. The number of fused-ring (bicyclic) bond motifs is 3. The van der Waals surface area contributed by atoms with E-state index in [0.717, 1.165) is 33.5 Å². The zero-order chi connectivity index (χ0) is 21.6. The molecule has 1 saturated heterocycles. The van der Waals surface area contributed by atoms with Crippen LogP contribution in [0.3, 0.4) is 0 Å². The third-order valence-corrected chi connectivity index (χ3v) is 7.67. The van der Waals surface area contributed by atoms with Crippen molar-refractivity contribution in [1.82, 2.24) is 28.1 Å². The zero-order valence-corrected chi connectivity index (χ0v) is 18.5. The molecule has 3 heterocycles. The number of carbonyl (C=O) groups is 1. The van der Waals surface area contributed by atoms with Gasteiger partial charge in [-0.15, -0.1) is 0 Å². The number of amides is 1. The van der Waals surface area contributed by atoms with Crippen molar-refractivity contribution < 1.29 is 13.2 Å². The minimum absolute atomic E-state index is 0.0269. The van der Waals surface area contributed by atoms with Crippen molar-refractivity contribution in [2.45, 2.75) is 20.3 Å². The molecule has 3 aromatic rings. The fraction of sp³-hybridized carbons (Fsp3) is 0.450. The molecule has 4 rings (SSSR count). The summed E-state index contributed by atoms with van der Waals surface area (Å²) in [6, 6.07) is 7.85. The van der Waals surface area contributed by atoms with Gasteiger partial charge in [-0.2, -0.15) is 22.1 Å². The maximum atomic E-state index is 13.0. The van der Waals surface area contributed by atoms with E-state index in [0.29, 0.717) is 26.2 Å². The molecule has 2 aromatic heterocycles. The van der Waals surface area contributed by atoms with Gasteiger partial charge in [-0.05, 0) is 26.0 Å². The third kappa shape index (κ3) is 3.44. The van der Waals surface area contributed by atoms with E-state index < -0.39 is 10.2 Å². The molecule has 160 valence electrons. The smallest absolute Gasteiger partial charge is 0.281 e. The van der Waals surface area contributed by atoms with Gasteiger partial charge in [-0.25, -0.2) is 9.50 Å². The molecule has 9 nitrogen and oxygen atoms in total. The molecule has 0 atom stereocenters. The van der Waals surface area contributed by atoms with E-state index in [2.05, 4.69) is 5.10 Å². The van der Waals surface area contributed by atoms with E-state index in [9.17, 15) is 13.2 Å². The van der Waals surface area contributed by atoms with Crippen LogP contribution in [0.25, 0.3) is 16.6 Å². The average Bonchev–Trinajstić information content (AvgIpc) is 3.09. The first-order valence-corrected chi connectivity index (χ1v) is 11.3. The van der Waals surface area contributed by atoms with Gasteiger partial charge in [0.1, 0.15) is 0 Å². The van der Waals surface area contributed by atoms with E-state index >= 15 is 0 Å². The highest BCUT2D eigenvalue weighted by molar-refractivity contribution is 7.86. The van der Waals surface area contributed by atoms with E-state index in [-0.39, 0.29) is 12.3 Å². The van der Waals surface area contributed by atoms with Crippen LogP contribution in [0.15, 0.2) is 24.3 Å². The lowest BCUT2D eigenvalue weighted by atomic mass is 10.1. The molecule has 1 amide bonds. The second-order valence-electron chi connectivity index (χ2n) is 7.76. The van der Waals surface area contributed by atoms with Crippen molar-refractivity contribution in [2.75, 3.05) is 40.3 Å². The molecule has 30 heavy (non-hydrogen) atoms. The summed E-state index contributed by atoms with van der Waals surface area (Å²) in [6.07, 6.45) is 0.219. The van der Waals surface area contributed by atoms with Crippen molar-refractivity contribution in [1.29, 1.82) is 0 Å².